The van der Waals surface area contributed by atoms with Crippen LogP contribution in [0.4, 0.5) is 0 Å². The van der Waals surface area contributed by atoms with Gasteiger partial charge in [0, 0.05) is 18.0 Å². The van der Waals surface area contributed by atoms with Crippen LogP contribution in [0.15, 0.2) is 16.3 Å². The minimum Gasteiger partial charge on any atom is -0.391 e. The molecule has 2 N–H and O–H groups in total. The quantitative estimate of drug-likeness (QED) is 0.779. The van der Waals surface area contributed by atoms with Gasteiger partial charge in [0.1, 0.15) is 0 Å². The highest BCUT2D eigenvalue weighted by atomic mass is 32.2. The molecule has 5 nitrogen and oxygen atoms in total. The van der Waals surface area contributed by atoms with Crippen molar-refractivity contribution in [3.63, 3.8) is 0 Å². The Hall–Kier alpha value is -0.470. The zero-order chi connectivity index (χ0) is 12.9. The van der Waals surface area contributed by atoms with Crippen molar-refractivity contribution in [3.05, 3.63) is 16.3 Å². The first-order valence-corrected chi connectivity index (χ1v) is 7.60. The molecule has 17 heavy (non-hydrogen) atoms. The molecule has 0 saturated carbocycles. The first-order chi connectivity index (χ1) is 8.05. The molecule has 0 aliphatic heterocycles. The molecule has 1 atom stereocenters. The summed E-state index contributed by atoms with van der Waals surface area (Å²) in [4.78, 5) is 0.601. The van der Waals surface area contributed by atoms with Crippen LogP contribution in [0.25, 0.3) is 0 Å². The number of ether oxygens (including phenoxy) is 1. The highest BCUT2D eigenvalue weighted by Crippen LogP contribution is 2.22. The lowest BCUT2D eigenvalue weighted by molar-refractivity contribution is 0.173. The first kappa shape index (κ1) is 14.6. The molecule has 0 aromatic carbocycles. The third-order valence-corrected chi connectivity index (χ3v) is 4.96. The van der Waals surface area contributed by atoms with Gasteiger partial charge in [-0.15, -0.1) is 11.3 Å². The highest BCUT2D eigenvalue weighted by Gasteiger charge is 2.22. The lowest BCUT2D eigenvalue weighted by atomic mass is 10.3. The van der Waals surface area contributed by atoms with E-state index in [9.17, 15) is 8.42 Å². The van der Waals surface area contributed by atoms with Crippen LogP contribution < -0.4 is 4.72 Å². The topological polar surface area (TPSA) is 75.6 Å². The van der Waals surface area contributed by atoms with E-state index in [4.69, 9.17) is 9.84 Å². The van der Waals surface area contributed by atoms with Crippen molar-refractivity contribution in [2.45, 2.75) is 30.9 Å². The second kappa shape index (κ2) is 6.46. The van der Waals surface area contributed by atoms with Crippen LogP contribution in [0.5, 0.6) is 0 Å². The molecule has 0 spiro atoms. The van der Waals surface area contributed by atoms with Gasteiger partial charge in [-0.2, -0.15) is 0 Å². The molecule has 0 radical (unpaired) electrons. The van der Waals surface area contributed by atoms with Crippen LogP contribution in [-0.4, -0.2) is 33.3 Å². The van der Waals surface area contributed by atoms with Gasteiger partial charge in [0.15, 0.2) is 0 Å². The maximum atomic E-state index is 12.0. The van der Waals surface area contributed by atoms with Gasteiger partial charge in [-0.05, 0) is 17.9 Å². The Kier molecular flexibility index (Phi) is 5.54. The van der Waals surface area contributed by atoms with Crippen LogP contribution in [0.2, 0.25) is 0 Å². The maximum absolute atomic E-state index is 12.0. The maximum Gasteiger partial charge on any atom is 0.242 e. The van der Waals surface area contributed by atoms with Crippen LogP contribution in [-0.2, 0) is 21.4 Å². The fourth-order valence-corrected chi connectivity index (χ4v) is 4.00. The number of rotatable bonds is 7. The molecule has 0 aliphatic carbocycles. The normalized spacial score (nSPS) is 13.8. The molecule has 1 unspecified atom stereocenters. The molecule has 1 aromatic rings. The molecule has 1 aromatic heterocycles. The van der Waals surface area contributed by atoms with Crippen LogP contribution in [0.1, 0.15) is 18.2 Å². The molecule has 0 fully saturated rings. The van der Waals surface area contributed by atoms with E-state index in [-0.39, 0.29) is 17.5 Å². The van der Waals surface area contributed by atoms with Crippen molar-refractivity contribution in [1.82, 2.24) is 4.72 Å². The largest absolute Gasteiger partial charge is 0.391 e. The van der Waals surface area contributed by atoms with Crippen LogP contribution in [0.3, 0.4) is 0 Å². The van der Waals surface area contributed by atoms with Crippen molar-refractivity contribution in [2.75, 3.05) is 13.7 Å². The summed E-state index contributed by atoms with van der Waals surface area (Å²) in [5, 5.41) is 10.7. The number of hydrogen-bond donors (Lipinski definition) is 2. The summed E-state index contributed by atoms with van der Waals surface area (Å²) >= 11 is 1.22. The predicted octanol–water partition coefficient (Wildman–Crippen LogP) is 0.944. The van der Waals surface area contributed by atoms with Crippen molar-refractivity contribution >= 4 is 21.4 Å². The summed E-state index contributed by atoms with van der Waals surface area (Å²) in [6.07, 6.45) is 0.645. The molecule has 0 amide bonds. The smallest absolute Gasteiger partial charge is 0.242 e. The number of nitrogens with one attached hydrogen (secondary N) is 1. The minimum atomic E-state index is -3.57. The summed E-state index contributed by atoms with van der Waals surface area (Å²) < 4.78 is 31.6. The molecule has 1 heterocycles. The van der Waals surface area contributed by atoms with E-state index in [0.29, 0.717) is 17.9 Å². The number of hydrogen-bond acceptors (Lipinski definition) is 5. The summed E-state index contributed by atoms with van der Waals surface area (Å²) in [5.74, 6) is 0. The Morgan fingerprint density at radius 3 is 2.82 bits per heavy atom. The summed E-state index contributed by atoms with van der Waals surface area (Å²) in [7, 11) is -2.04. The Morgan fingerprint density at radius 1 is 1.59 bits per heavy atom. The van der Waals surface area contributed by atoms with E-state index >= 15 is 0 Å². The molecule has 0 bridgehead atoms. The van der Waals surface area contributed by atoms with Gasteiger partial charge in [0.05, 0.1) is 18.1 Å². The van der Waals surface area contributed by atoms with Gasteiger partial charge >= 0.3 is 0 Å². The average molecular weight is 279 g/mol. The van der Waals surface area contributed by atoms with Gasteiger partial charge in [-0.25, -0.2) is 13.1 Å². The van der Waals surface area contributed by atoms with Crippen molar-refractivity contribution in [3.8, 4) is 0 Å². The SMILES string of the molecule is CCC(COC)NS(=O)(=O)c1ccsc1CO. The Morgan fingerprint density at radius 2 is 2.29 bits per heavy atom. The zero-order valence-corrected chi connectivity index (χ0v) is 11.5. The second-order valence-electron chi connectivity index (χ2n) is 3.55. The lowest BCUT2D eigenvalue weighted by Crippen LogP contribution is -2.37. The van der Waals surface area contributed by atoms with Gasteiger partial charge in [0.25, 0.3) is 0 Å². The van der Waals surface area contributed by atoms with Crippen LogP contribution >= 0.6 is 11.3 Å². The fraction of sp³-hybridized carbons (Fsp3) is 0.600. The van der Waals surface area contributed by atoms with E-state index < -0.39 is 10.0 Å². The molecule has 98 valence electrons. The fourth-order valence-electron chi connectivity index (χ4n) is 1.40. The number of aliphatic hydroxyl groups excluding tert-OH is 1. The summed E-state index contributed by atoms with van der Waals surface area (Å²) in [6.45, 7) is 1.94. The zero-order valence-electron chi connectivity index (χ0n) is 9.84. The van der Waals surface area contributed by atoms with Crippen molar-refractivity contribution in [1.29, 1.82) is 0 Å². The van der Waals surface area contributed by atoms with Crippen molar-refractivity contribution < 1.29 is 18.3 Å². The van der Waals surface area contributed by atoms with Gasteiger partial charge in [0.2, 0.25) is 10.0 Å². The number of sulfonamides is 1. The standard InChI is InChI=1S/C10H17NO4S2/c1-3-8(7-15-2)11-17(13,14)10-4-5-16-9(10)6-12/h4-5,8,11-12H,3,6-7H2,1-2H3. The van der Waals surface area contributed by atoms with Crippen LogP contribution in [0, 0.1) is 0 Å². The first-order valence-electron chi connectivity index (χ1n) is 5.23. The van der Waals surface area contributed by atoms with Gasteiger partial charge < -0.3 is 9.84 Å². The predicted molar refractivity (Wildman–Crippen MR) is 66.5 cm³/mol. The lowest BCUT2D eigenvalue weighted by Gasteiger charge is -2.16. The average Bonchev–Trinajstić information content (AvgIpc) is 2.77. The Labute approximate surface area is 105 Å². The third-order valence-electron chi connectivity index (χ3n) is 2.32. The monoisotopic (exact) mass is 279 g/mol. The Bertz CT molecular complexity index is 441. The molecular formula is C10H17NO4S2. The highest BCUT2D eigenvalue weighted by molar-refractivity contribution is 7.89. The number of thiophene rings is 1. The number of aliphatic hydroxyl groups is 1. The Balaban J connectivity index is 2.88. The molecule has 1 rings (SSSR count). The second-order valence-corrected chi connectivity index (χ2v) is 6.23. The van der Waals surface area contributed by atoms with E-state index in [0.717, 1.165) is 0 Å². The number of methoxy groups -OCH3 is 1. The van der Waals surface area contributed by atoms with E-state index in [2.05, 4.69) is 4.72 Å². The van der Waals surface area contributed by atoms with Crippen molar-refractivity contribution in [2.24, 2.45) is 0 Å². The molecule has 0 saturated heterocycles. The molecular weight excluding hydrogens is 262 g/mol. The van der Waals surface area contributed by atoms with E-state index in [1.54, 1.807) is 5.38 Å². The van der Waals surface area contributed by atoms with Gasteiger partial charge in [-0.1, -0.05) is 6.92 Å². The van der Waals surface area contributed by atoms with E-state index in [1.807, 2.05) is 6.92 Å². The minimum absolute atomic E-state index is 0.152. The third kappa shape index (κ3) is 3.75. The summed E-state index contributed by atoms with van der Waals surface area (Å²) in [6, 6.07) is 1.24. The molecule has 7 heteroatoms. The van der Waals surface area contributed by atoms with Gasteiger partial charge in [-0.3, -0.25) is 0 Å². The molecule has 0 aliphatic rings. The summed E-state index contributed by atoms with van der Waals surface area (Å²) in [5.41, 5.74) is 0. The van der Waals surface area contributed by atoms with E-state index in [1.165, 1.54) is 24.5 Å².